The Morgan fingerprint density at radius 3 is 2.29 bits per heavy atom. The maximum Gasteiger partial charge on any atom is 0.152 e. The number of hydrogen-bond acceptors (Lipinski definition) is 3. The summed E-state index contributed by atoms with van der Waals surface area (Å²) in [5, 5.41) is 2.47. The van der Waals surface area contributed by atoms with Crippen LogP contribution < -0.4 is 5.32 Å². The van der Waals surface area contributed by atoms with Gasteiger partial charge in [0.05, 0.1) is 5.75 Å². The van der Waals surface area contributed by atoms with Crippen LogP contribution in [0.2, 0.25) is 0 Å². The van der Waals surface area contributed by atoms with Crippen molar-refractivity contribution in [2.24, 2.45) is 0 Å². The van der Waals surface area contributed by atoms with Crippen molar-refractivity contribution >= 4 is 15.5 Å². The Hall–Kier alpha value is -1.17. The van der Waals surface area contributed by atoms with E-state index < -0.39 is 21.5 Å². The average Bonchev–Trinajstić information content (AvgIpc) is 2.22. The molecule has 6 heteroatoms. The van der Waals surface area contributed by atoms with Gasteiger partial charge in [0.15, 0.2) is 9.84 Å². The molecule has 96 valence electrons. The molecule has 0 aliphatic heterocycles. The number of anilines is 1. The van der Waals surface area contributed by atoms with Gasteiger partial charge in [0.1, 0.15) is 17.3 Å². The summed E-state index contributed by atoms with van der Waals surface area (Å²) in [6.45, 7) is 1.77. The molecule has 0 bridgehead atoms. The molecule has 1 rings (SSSR count). The summed E-state index contributed by atoms with van der Waals surface area (Å²) in [6.07, 6.45) is 0.538. The Morgan fingerprint density at radius 1 is 1.18 bits per heavy atom. The van der Waals surface area contributed by atoms with E-state index in [0.29, 0.717) is 6.42 Å². The van der Waals surface area contributed by atoms with E-state index in [2.05, 4.69) is 5.32 Å². The lowest BCUT2D eigenvalue weighted by atomic mass is 10.3. The molecule has 0 heterocycles. The molecule has 1 N–H and O–H groups in total. The third kappa shape index (κ3) is 4.30. The van der Waals surface area contributed by atoms with E-state index in [4.69, 9.17) is 0 Å². The molecule has 0 fully saturated rings. The molecule has 0 atom stereocenters. The lowest BCUT2D eigenvalue weighted by Gasteiger charge is -2.08. The fraction of sp³-hybridized carbons (Fsp3) is 0.455. The van der Waals surface area contributed by atoms with E-state index in [1.807, 2.05) is 0 Å². The van der Waals surface area contributed by atoms with Gasteiger partial charge in [0.2, 0.25) is 0 Å². The van der Waals surface area contributed by atoms with Crippen LogP contribution in [-0.2, 0) is 9.84 Å². The number of nitrogens with one attached hydrogen (secondary N) is 1. The first kappa shape index (κ1) is 13.9. The summed E-state index contributed by atoms with van der Waals surface area (Å²) in [5.41, 5.74) is -0.279. The highest BCUT2D eigenvalue weighted by molar-refractivity contribution is 7.91. The zero-order chi connectivity index (χ0) is 12.9. The third-order valence-electron chi connectivity index (χ3n) is 2.19. The number of para-hydroxylation sites is 1. The van der Waals surface area contributed by atoms with Crippen molar-refractivity contribution in [3.05, 3.63) is 29.8 Å². The molecule has 0 saturated heterocycles. The lowest BCUT2D eigenvalue weighted by molar-refractivity contribution is 0.585. The molecule has 0 radical (unpaired) electrons. The normalized spacial score (nSPS) is 11.5. The second-order valence-electron chi connectivity index (χ2n) is 3.68. The Morgan fingerprint density at radius 2 is 1.76 bits per heavy atom. The van der Waals surface area contributed by atoms with Gasteiger partial charge in [-0.2, -0.15) is 0 Å². The van der Waals surface area contributed by atoms with E-state index in [9.17, 15) is 17.2 Å². The predicted octanol–water partition coefficient (Wildman–Crippen LogP) is 2.20. The molecule has 0 aromatic heterocycles. The third-order valence-corrected chi connectivity index (χ3v) is 4.05. The van der Waals surface area contributed by atoms with Gasteiger partial charge >= 0.3 is 0 Å². The number of sulfone groups is 1. The van der Waals surface area contributed by atoms with Crippen molar-refractivity contribution < 1.29 is 17.2 Å². The Bertz CT molecular complexity index is 454. The number of benzene rings is 1. The fourth-order valence-corrected chi connectivity index (χ4v) is 2.65. The molecule has 0 amide bonds. The van der Waals surface area contributed by atoms with Gasteiger partial charge in [-0.15, -0.1) is 0 Å². The molecule has 0 spiro atoms. The summed E-state index contributed by atoms with van der Waals surface area (Å²) >= 11 is 0. The zero-order valence-corrected chi connectivity index (χ0v) is 10.4. The first-order valence-electron chi connectivity index (χ1n) is 5.34. The minimum atomic E-state index is -3.13. The molecule has 0 aliphatic carbocycles. The standard InChI is InChI=1S/C11H15F2NO2S/c1-2-7-17(15,16)8-6-14-11-9(12)4-3-5-10(11)13/h3-5,14H,2,6-8H2,1H3. The van der Waals surface area contributed by atoms with Gasteiger partial charge in [-0.1, -0.05) is 13.0 Å². The Balaban J connectivity index is 2.57. The largest absolute Gasteiger partial charge is 0.379 e. The highest BCUT2D eigenvalue weighted by Crippen LogP contribution is 2.17. The minimum Gasteiger partial charge on any atom is -0.379 e. The molecule has 0 unspecified atom stereocenters. The first-order valence-corrected chi connectivity index (χ1v) is 7.16. The van der Waals surface area contributed by atoms with Gasteiger partial charge in [0.25, 0.3) is 0 Å². The molecule has 0 aliphatic rings. The number of halogens is 2. The van der Waals surface area contributed by atoms with Crippen LogP contribution in [0.3, 0.4) is 0 Å². The molecule has 3 nitrogen and oxygen atoms in total. The fourth-order valence-electron chi connectivity index (χ4n) is 1.41. The van der Waals surface area contributed by atoms with Crippen LogP contribution in [0, 0.1) is 11.6 Å². The Labute approximate surface area is 99.8 Å². The summed E-state index contributed by atoms with van der Waals surface area (Å²) in [5.74, 6) is -1.49. The van der Waals surface area contributed by atoms with Crippen molar-refractivity contribution in [1.82, 2.24) is 0 Å². The van der Waals surface area contributed by atoms with E-state index >= 15 is 0 Å². The highest BCUT2D eigenvalue weighted by atomic mass is 32.2. The van der Waals surface area contributed by atoms with Gasteiger partial charge in [-0.3, -0.25) is 0 Å². The van der Waals surface area contributed by atoms with Crippen LogP contribution in [0.25, 0.3) is 0 Å². The van der Waals surface area contributed by atoms with Crippen LogP contribution in [0.1, 0.15) is 13.3 Å². The quantitative estimate of drug-likeness (QED) is 0.856. The van der Waals surface area contributed by atoms with Crippen molar-refractivity contribution in [1.29, 1.82) is 0 Å². The van der Waals surface area contributed by atoms with Crippen LogP contribution in [0.15, 0.2) is 18.2 Å². The van der Waals surface area contributed by atoms with Crippen LogP contribution >= 0.6 is 0 Å². The zero-order valence-electron chi connectivity index (χ0n) is 9.54. The van der Waals surface area contributed by atoms with E-state index in [0.717, 1.165) is 12.1 Å². The average molecular weight is 263 g/mol. The highest BCUT2D eigenvalue weighted by Gasteiger charge is 2.11. The molecule has 1 aromatic carbocycles. The molecular weight excluding hydrogens is 248 g/mol. The SMILES string of the molecule is CCCS(=O)(=O)CCNc1c(F)cccc1F. The second-order valence-corrected chi connectivity index (χ2v) is 5.98. The summed E-state index contributed by atoms with van der Waals surface area (Å²) in [4.78, 5) is 0. The monoisotopic (exact) mass is 263 g/mol. The van der Waals surface area contributed by atoms with Gasteiger partial charge in [-0.25, -0.2) is 17.2 Å². The van der Waals surface area contributed by atoms with Crippen molar-refractivity contribution in [3.63, 3.8) is 0 Å². The number of rotatable bonds is 6. The van der Waals surface area contributed by atoms with Crippen LogP contribution in [-0.4, -0.2) is 26.5 Å². The van der Waals surface area contributed by atoms with Gasteiger partial charge < -0.3 is 5.32 Å². The molecule has 17 heavy (non-hydrogen) atoms. The maximum atomic E-state index is 13.2. The van der Waals surface area contributed by atoms with Gasteiger partial charge in [-0.05, 0) is 18.6 Å². The second kappa shape index (κ2) is 5.95. The van der Waals surface area contributed by atoms with Crippen molar-refractivity contribution in [2.45, 2.75) is 13.3 Å². The molecule has 0 saturated carbocycles. The van der Waals surface area contributed by atoms with E-state index in [-0.39, 0.29) is 23.7 Å². The number of hydrogen-bond donors (Lipinski definition) is 1. The van der Waals surface area contributed by atoms with Crippen LogP contribution in [0.4, 0.5) is 14.5 Å². The smallest absolute Gasteiger partial charge is 0.152 e. The lowest BCUT2D eigenvalue weighted by Crippen LogP contribution is -2.19. The molecular formula is C11H15F2NO2S. The predicted molar refractivity (Wildman–Crippen MR) is 63.8 cm³/mol. The van der Waals surface area contributed by atoms with E-state index in [1.54, 1.807) is 6.92 Å². The minimum absolute atomic E-state index is 0.000185. The van der Waals surface area contributed by atoms with Crippen molar-refractivity contribution in [3.8, 4) is 0 Å². The van der Waals surface area contributed by atoms with Gasteiger partial charge in [0, 0.05) is 12.3 Å². The topological polar surface area (TPSA) is 46.2 Å². The summed E-state index contributed by atoms with van der Waals surface area (Å²) in [7, 11) is -3.13. The Kier molecular flexibility index (Phi) is 4.86. The summed E-state index contributed by atoms with van der Waals surface area (Å²) < 4.78 is 49.1. The first-order chi connectivity index (χ1) is 7.96. The van der Waals surface area contributed by atoms with Crippen molar-refractivity contribution in [2.75, 3.05) is 23.4 Å². The van der Waals surface area contributed by atoms with Crippen LogP contribution in [0.5, 0.6) is 0 Å². The summed E-state index contributed by atoms with van der Waals surface area (Å²) in [6, 6.07) is 3.49. The molecule has 1 aromatic rings. The maximum absolute atomic E-state index is 13.2. The van der Waals surface area contributed by atoms with E-state index in [1.165, 1.54) is 6.07 Å².